The fraction of sp³-hybridized carbons (Fsp3) is 0. The average molecular weight is 203 g/mol. The standard InChI is InChI=1S/Li.H3N.H3O4P.2O.Ti.H/c;;1-5(2,3)4;;;;/h;1H3;(H3,1,2,3,4);;;;/q+1;;;;;;-1. The van der Waals surface area contributed by atoms with Crippen LogP contribution in [0.3, 0.4) is 0 Å². The number of hydrogen-bond acceptors (Lipinski definition) is 4. The summed E-state index contributed by atoms with van der Waals surface area (Å²) < 4.78 is 25.9. The number of rotatable bonds is 0. The van der Waals surface area contributed by atoms with E-state index in [9.17, 15) is 0 Å². The third-order valence-corrected chi connectivity index (χ3v) is 0. The van der Waals surface area contributed by atoms with Crippen LogP contribution in [0.15, 0.2) is 0 Å². The van der Waals surface area contributed by atoms with Crippen LogP contribution < -0.4 is 25.0 Å². The molecule has 0 radical (unpaired) electrons. The van der Waals surface area contributed by atoms with Gasteiger partial charge in [0, 0.05) is 0 Å². The van der Waals surface area contributed by atoms with Gasteiger partial charge in [-0.1, -0.05) is 0 Å². The second kappa shape index (κ2) is 12.6. The van der Waals surface area contributed by atoms with Gasteiger partial charge in [0.15, 0.2) is 0 Å². The van der Waals surface area contributed by atoms with Gasteiger partial charge in [0.25, 0.3) is 0 Å². The van der Waals surface area contributed by atoms with Gasteiger partial charge in [-0.15, -0.1) is 0 Å². The molecule has 7 nitrogen and oxygen atoms in total. The van der Waals surface area contributed by atoms with E-state index in [1.165, 1.54) is 0 Å². The first-order valence-corrected chi connectivity index (χ1v) is 4.03. The SMILES string of the molecule is N.O=P(O)(O)O.[H-].[Li+].[O]=[Ti]=[O]. The Morgan fingerprint density at radius 3 is 1.20 bits per heavy atom. The van der Waals surface area contributed by atoms with E-state index >= 15 is 0 Å². The predicted octanol–water partition coefficient (Wildman–Crippen LogP) is -3.89. The van der Waals surface area contributed by atoms with E-state index in [0.29, 0.717) is 0 Å². The van der Waals surface area contributed by atoms with Crippen LogP contribution in [-0.4, -0.2) is 14.7 Å². The molecule has 0 aliphatic rings. The zero-order chi connectivity index (χ0) is 7.21. The van der Waals surface area contributed by atoms with E-state index in [2.05, 4.69) is 0 Å². The molecule has 10 heavy (non-hydrogen) atoms. The molecule has 0 bridgehead atoms. The van der Waals surface area contributed by atoms with Crippen molar-refractivity contribution in [2.75, 3.05) is 0 Å². The molecular weight excluding hydrogens is 196 g/mol. The Labute approximate surface area is 79.3 Å². The van der Waals surface area contributed by atoms with Crippen molar-refractivity contribution in [2.24, 2.45) is 0 Å². The molecule has 0 aliphatic heterocycles. The third-order valence-electron chi connectivity index (χ3n) is 0. The van der Waals surface area contributed by atoms with Gasteiger partial charge < -0.3 is 22.3 Å². The third kappa shape index (κ3) is 594. The Balaban J connectivity index is -0.0000000183. The van der Waals surface area contributed by atoms with Crippen molar-refractivity contribution >= 4 is 7.82 Å². The van der Waals surface area contributed by atoms with E-state index in [0.717, 1.165) is 0 Å². The van der Waals surface area contributed by atoms with Crippen LogP contribution in [0.5, 0.6) is 0 Å². The topological polar surface area (TPSA) is 147 Å². The molecule has 0 unspecified atom stereocenters. The van der Waals surface area contributed by atoms with Crippen molar-refractivity contribution in [1.29, 1.82) is 0 Å². The molecule has 0 aromatic carbocycles. The van der Waals surface area contributed by atoms with Crippen molar-refractivity contribution in [3.63, 3.8) is 0 Å². The Hall–Kier alpha value is 0.982. The summed E-state index contributed by atoms with van der Waals surface area (Å²) in [7, 11) is -4.64. The summed E-state index contributed by atoms with van der Waals surface area (Å²) in [4.78, 5) is 21.6. The van der Waals surface area contributed by atoms with Crippen LogP contribution in [0.4, 0.5) is 0 Å². The molecule has 0 aromatic heterocycles. The Bertz CT molecular complexity index is 120. The van der Waals surface area contributed by atoms with Crippen LogP contribution in [0.25, 0.3) is 0 Å². The van der Waals surface area contributed by atoms with Gasteiger partial charge in [-0.25, -0.2) is 4.57 Å². The van der Waals surface area contributed by atoms with E-state index in [1.54, 1.807) is 0 Å². The van der Waals surface area contributed by atoms with Crippen LogP contribution >= 0.6 is 7.82 Å². The summed E-state index contributed by atoms with van der Waals surface area (Å²) in [6, 6.07) is 0. The fourth-order valence-corrected chi connectivity index (χ4v) is 0. The zero-order valence-electron chi connectivity index (χ0n) is 6.22. The molecule has 0 saturated heterocycles. The summed E-state index contributed by atoms with van der Waals surface area (Å²) in [6.45, 7) is 0. The van der Waals surface area contributed by atoms with Gasteiger partial charge in [0.1, 0.15) is 0 Å². The van der Waals surface area contributed by atoms with Gasteiger partial charge in [0.2, 0.25) is 0 Å². The second-order valence-electron chi connectivity index (χ2n) is 0.597. The van der Waals surface area contributed by atoms with Crippen molar-refractivity contribution in [2.45, 2.75) is 0 Å². The van der Waals surface area contributed by atoms with Crippen LogP contribution in [-0.2, 0) is 30.3 Å². The van der Waals surface area contributed by atoms with Crippen molar-refractivity contribution in [3.05, 3.63) is 0 Å². The van der Waals surface area contributed by atoms with Crippen LogP contribution in [0, 0.1) is 0 Å². The zero-order valence-corrected chi connectivity index (χ0v) is 7.68. The minimum atomic E-state index is -4.64. The summed E-state index contributed by atoms with van der Waals surface area (Å²) in [5.41, 5.74) is 0. The van der Waals surface area contributed by atoms with Crippen molar-refractivity contribution < 1.29 is 65.3 Å². The minimum absolute atomic E-state index is 0. The summed E-state index contributed by atoms with van der Waals surface area (Å²) >= 11 is -2.00. The van der Waals surface area contributed by atoms with Gasteiger partial charge >= 0.3 is 52.4 Å². The van der Waals surface area contributed by atoms with E-state index in [1.807, 2.05) is 0 Å². The molecule has 0 spiro atoms. The average Bonchev–Trinajstić information content (AvgIpc) is 1.27. The first kappa shape index (κ1) is 22.4. The van der Waals surface area contributed by atoms with Gasteiger partial charge in [-0.05, 0) is 0 Å². The first-order chi connectivity index (χ1) is 3.41. The first-order valence-electron chi connectivity index (χ1n) is 1.19. The number of phosphoric acid groups is 1. The summed E-state index contributed by atoms with van der Waals surface area (Å²) in [5, 5.41) is 0. The molecule has 0 rings (SSSR count). The molecule has 6 N–H and O–H groups in total. The fourth-order valence-electron chi connectivity index (χ4n) is 0. The van der Waals surface area contributed by atoms with Crippen molar-refractivity contribution in [3.8, 4) is 0 Å². The Morgan fingerprint density at radius 2 is 1.20 bits per heavy atom. The molecule has 0 fully saturated rings. The van der Waals surface area contributed by atoms with Gasteiger partial charge in [0.05, 0.1) is 0 Å². The van der Waals surface area contributed by atoms with Gasteiger partial charge in [-0.3, -0.25) is 0 Å². The molecule has 0 aliphatic carbocycles. The molecule has 0 amide bonds. The molecule has 0 heterocycles. The molecular formula is H7LiNO6PTi. The second-order valence-corrected chi connectivity index (χ2v) is 1.88. The van der Waals surface area contributed by atoms with E-state index in [4.69, 9.17) is 25.9 Å². The Kier molecular flexibility index (Phi) is 28.4. The molecule has 10 heteroatoms. The Morgan fingerprint density at radius 1 is 1.20 bits per heavy atom. The summed E-state index contributed by atoms with van der Waals surface area (Å²) in [6.07, 6.45) is 0. The number of hydrogen-bond donors (Lipinski definition) is 4. The monoisotopic (exact) mass is 203 g/mol. The quantitative estimate of drug-likeness (QED) is 0.232. The van der Waals surface area contributed by atoms with E-state index < -0.39 is 26.9 Å². The van der Waals surface area contributed by atoms with Crippen LogP contribution in [0.1, 0.15) is 1.43 Å². The van der Waals surface area contributed by atoms with E-state index in [-0.39, 0.29) is 26.4 Å². The van der Waals surface area contributed by atoms with Crippen molar-refractivity contribution in [1.82, 2.24) is 6.15 Å². The maximum absolute atomic E-state index is 8.88. The normalized spacial score (nSPS) is 6.70. The molecule has 58 valence electrons. The summed E-state index contributed by atoms with van der Waals surface area (Å²) in [5.74, 6) is 0. The molecule has 0 aromatic rings. The molecule has 0 saturated carbocycles. The molecule has 0 atom stereocenters. The predicted molar refractivity (Wildman–Crippen MR) is 21.8 cm³/mol. The van der Waals surface area contributed by atoms with Crippen LogP contribution in [0.2, 0.25) is 0 Å². The van der Waals surface area contributed by atoms with Gasteiger partial charge in [-0.2, -0.15) is 0 Å². The maximum atomic E-state index is 8.88.